The molecule has 0 spiro atoms. The summed E-state index contributed by atoms with van der Waals surface area (Å²) in [5.74, 6) is -0.592. The molecule has 0 aromatic heterocycles. The molecule has 0 bridgehead atoms. The molecule has 0 heterocycles. The van der Waals surface area contributed by atoms with Crippen molar-refractivity contribution in [2.45, 2.75) is 31.8 Å². The Hall–Kier alpha value is -1.58. The second kappa shape index (κ2) is 5.17. The highest BCUT2D eigenvalue weighted by atomic mass is 19.1. The number of hydrogen-bond donors (Lipinski definition) is 1. The summed E-state index contributed by atoms with van der Waals surface area (Å²) in [6, 6.07) is 5.91. The molecule has 1 N–H and O–H groups in total. The number of aliphatic carboxylic acids is 1. The van der Waals surface area contributed by atoms with Crippen LogP contribution in [-0.2, 0) is 4.79 Å². The normalized spacial score (nSPS) is 24.3. The monoisotopic (exact) mass is 238 g/mol. The predicted octanol–water partition coefficient (Wildman–Crippen LogP) is 2.85. The van der Waals surface area contributed by atoms with Crippen LogP contribution in [0.2, 0.25) is 0 Å². The van der Waals surface area contributed by atoms with Crippen molar-refractivity contribution in [1.29, 1.82) is 0 Å². The van der Waals surface area contributed by atoms with Gasteiger partial charge < -0.3 is 9.84 Å². The molecule has 0 aliphatic heterocycles. The summed E-state index contributed by atoms with van der Waals surface area (Å²) in [6.07, 6.45) is 2.85. The summed E-state index contributed by atoms with van der Waals surface area (Å²) in [7, 11) is 0. The number of rotatable bonds is 3. The lowest BCUT2D eigenvalue weighted by molar-refractivity contribution is -0.143. The molecule has 1 saturated carbocycles. The summed E-state index contributed by atoms with van der Waals surface area (Å²) in [5, 5.41) is 8.86. The second-order valence-corrected chi connectivity index (χ2v) is 4.38. The fraction of sp³-hybridized carbons (Fsp3) is 0.462. The molecule has 1 fully saturated rings. The van der Waals surface area contributed by atoms with Crippen LogP contribution < -0.4 is 4.74 Å². The first-order valence-electron chi connectivity index (χ1n) is 5.80. The molecular formula is C13H15FO3. The van der Waals surface area contributed by atoms with Crippen molar-refractivity contribution in [2.75, 3.05) is 0 Å². The van der Waals surface area contributed by atoms with Gasteiger partial charge in [0.25, 0.3) is 0 Å². The van der Waals surface area contributed by atoms with Crippen LogP contribution in [0.25, 0.3) is 0 Å². The van der Waals surface area contributed by atoms with Crippen molar-refractivity contribution in [2.24, 2.45) is 5.92 Å². The number of hydrogen-bond acceptors (Lipinski definition) is 2. The van der Waals surface area contributed by atoms with Crippen LogP contribution in [-0.4, -0.2) is 17.2 Å². The third kappa shape index (κ3) is 3.19. The number of carboxylic acid groups (broad SMARTS) is 1. The number of halogens is 1. The van der Waals surface area contributed by atoms with E-state index in [4.69, 9.17) is 9.84 Å². The summed E-state index contributed by atoms with van der Waals surface area (Å²) in [5.41, 5.74) is 0. The molecule has 17 heavy (non-hydrogen) atoms. The lowest BCUT2D eigenvalue weighted by Crippen LogP contribution is -2.27. The fourth-order valence-electron chi connectivity index (χ4n) is 2.13. The van der Waals surface area contributed by atoms with E-state index in [0.29, 0.717) is 18.6 Å². The van der Waals surface area contributed by atoms with Gasteiger partial charge in [-0.2, -0.15) is 0 Å². The van der Waals surface area contributed by atoms with Crippen molar-refractivity contribution in [3.8, 4) is 5.75 Å². The highest BCUT2D eigenvalue weighted by molar-refractivity contribution is 5.70. The zero-order valence-corrected chi connectivity index (χ0v) is 9.43. The summed E-state index contributed by atoms with van der Waals surface area (Å²) < 4.78 is 18.4. The predicted molar refractivity (Wildman–Crippen MR) is 60.4 cm³/mol. The Bertz CT molecular complexity index is 380. The molecule has 1 aliphatic carbocycles. The molecule has 0 atom stereocenters. The molecule has 0 unspecified atom stereocenters. The van der Waals surface area contributed by atoms with Crippen LogP contribution in [0.4, 0.5) is 4.39 Å². The van der Waals surface area contributed by atoms with Gasteiger partial charge in [0.1, 0.15) is 11.6 Å². The Morgan fingerprint density at radius 1 is 1.18 bits per heavy atom. The highest BCUT2D eigenvalue weighted by Gasteiger charge is 2.26. The maximum absolute atomic E-state index is 12.7. The zero-order valence-electron chi connectivity index (χ0n) is 9.43. The van der Waals surface area contributed by atoms with Crippen molar-refractivity contribution < 1.29 is 19.0 Å². The van der Waals surface area contributed by atoms with Gasteiger partial charge in [-0.15, -0.1) is 0 Å². The first-order valence-corrected chi connectivity index (χ1v) is 5.80. The van der Waals surface area contributed by atoms with Crippen molar-refractivity contribution in [3.63, 3.8) is 0 Å². The largest absolute Gasteiger partial charge is 0.490 e. The number of carboxylic acids is 1. The average molecular weight is 238 g/mol. The van der Waals surface area contributed by atoms with Gasteiger partial charge in [-0.1, -0.05) is 0 Å². The molecular weight excluding hydrogens is 223 g/mol. The fourth-order valence-corrected chi connectivity index (χ4v) is 2.13. The van der Waals surface area contributed by atoms with Gasteiger partial charge in [0.15, 0.2) is 0 Å². The minimum Gasteiger partial charge on any atom is -0.490 e. The molecule has 0 amide bonds. The van der Waals surface area contributed by atoms with Crippen LogP contribution in [0.15, 0.2) is 24.3 Å². The summed E-state index contributed by atoms with van der Waals surface area (Å²) in [6.45, 7) is 0. The number of carbonyl (C=O) groups is 1. The first-order chi connectivity index (χ1) is 8.15. The van der Waals surface area contributed by atoms with E-state index < -0.39 is 5.97 Å². The Balaban J connectivity index is 1.85. The Morgan fingerprint density at radius 2 is 1.76 bits per heavy atom. The van der Waals surface area contributed by atoms with Gasteiger partial charge in [-0.25, -0.2) is 4.39 Å². The summed E-state index contributed by atoms with van der Waals surface area (Å²) in [4.78, 5) is 10.8. The van der Waals surface area contributed by atoms with Crippen molar-refractivity contribution in [3.05, 3.63) is 30.1 Å². The van der Waals surface area contributed by atoms with Crippen LogP contribution in [0.3, 0.4) is 0 Å². The van der Waals surface area contributed by atoms with Crippen molar-refractivity contribution in [1.82, 2.24) is 0 Å². The van der Waals surface area contributed by atoms with Gasteiger partial charge in [0, 0.05) is 0 Å². The second-order valence-electron chi connectivity index (χ2n) is 4.38. The lowest BCUT2D eigenvalue weighted by Gasteiger charge is -2.26. The molecule has 92 valence electrons. The van der Waals surface area contributed by atoms with Crippen LogP contribution in [0, 0.1) is 11.7 Å². The van der Waals surface area contributed by atoms with Crippen LogP contribution in [0.1, 0.15) is 25.7 Å². The number of benzene rings is 1. The van der Waals surface area contributed by atoms with E-state index in [-0.39, 0.29) is 17.8 Å². The Kier molecular flexibility index (Phi) is 3.61. The quantitative estimate of drug-likeness (QED) is 0.880. The van der Waals surface area contributed by atoms with Gasteiger partial charge >= 0.3 is 5.97 Å². The molecule has 1 aromatic carbocycles. The van der Waals surface area contributed by atoms with E-state index in [1.807, 2.05) is 0 Å². The minimum absolute atomic E-state index is 0.0519. The smallest absolute Gasteiger partial charge is 0.306 e. The molecule has 0 radical (unpaired) electrons. The first kappa shape index (κ1) is 11.9. The van der Waals surface area contributed by atoms with Gasteiger partial charge in [-0.05, 0) is 49.9 Å². The van der Waals surface area contributed by atoms with E-state index in [1.165, 1.54) is 12.1 Å². The average Bonchev–Trinajstić information content (AvgIpc) is 2.33. The Labute approximate surface area is 99.2 Å². The SMILES string of the molecule is O=C(O)C1CCC(Oc2ccc(F)cc2)CC1. The van der Waals surface area contributed by atoms with E-state index in [1.54, 1.807) is 12.1 Å². The number of ether oxygens (including phenoxy) is 1. The Morgan fingerprint density at radius 3 is 2.29 bits per heavy atom. The molecule has 2 rings (SSSR count). The highest BCUT2D eigenvalue weighted by Crippen LogP contribution is 2.27. The summed E-state index contributed by atoms with van der Waals surface area (Å²) >= 11 is 0. The van der Waals surface area contributed by atoms with E-state index >= 15 is 0 Å². The molecule has 4 heteroatoms. The van der Waals surface area contributed by atoms with Crippen LogP contribution >= 0.6 is 0 Å². The molecule has 1 aliphatic rings. The zero-order chi connectivity index (χ0) is 12.3. The van der Waals surface area contributed by atoms with E-state index in [2.05, 4.69) is 0 Å². The maximum Gasteiger partial charge on any atom is 0.306 e. The molecule has 3 nitrogen and oxygen atoms in total. The third-order valence-corrected chi connectivity index (χ3v) is 3.14. The van der Waals surface area contributed by atoms with Crippen LogP contribution in [0.5, 0.6) is 5.75 Å². The van der Waals surface area contributed by atoms with Gasteiger partial charge in [-0.3, -0.25) is 4.79 Å². The molecule has 0 saturated heterocycles. The molecule has 1 aromatic rings. The lowest BCUT2D eigenvalue weighted by atomic mass is 9.87. The maximum atomic E-state index is 12.7. The standard InChI is InChI=1S/C13H15FO3/c14-10-3-7-12(8-4-10)17-11-5-1-9(2-6-11)13(15)16/h3-4,7-9,11H,1-2,5-6H2,(H,15,16). The van der Waals surface area contributed by atoms with E-state index in [9.17, 15) is 9.18 Å². The van der Waals surface area contributed by atoms with Gasteiger partial charge in [0.05, 0.1) is 12.0 Å². The van der Waals surface area contributed by atoms with Crippen molar-refractivity contribution >= 4 is 5.97 Å². The van der Waals surface area contributed by atoms with E-state index in [0.717, 1.165) is 12.8 Å². The third-order valence-electron chi connectivity index (χ3n) is 3.14. The van der Waals surface area contributed by atoms with Gasteiger partial charge in [0.2, 0.25) is 0 Å². The topological polar surface area (TPSA) is 46.5 Å². The minimum atomic E-state index is -0.717.